The van der Waals surface area contributed by atoms with E-state index in [4.69, 9.17) is 0 Å². The van der Waals surface area contributed by atoms with Gasteiger partial charge in [-0.25, -0.2) is 27.0 Å². The number of aryl methyl sites for hydroxylation is 2. The van der Waals surface area contributed by atoms with Crippen LogP contribution in [0.5, 0.6) is 0 Å². The third-order valence-electron chi connectivity index (χ3n) is 3.05. The minimum atomic E-state index is -3.71. The van der Waals surface area contributed by atoms with Gasteiger partial charge in [-0.3, -0.25) is 0 Å². The Hall–Kier alpha value is -1.84. The molecule has 0 aliphatic heterocycles. The Bertz CT molecular complexity index is 915. The van der Waals surface area contributed by atoms with Crippen LogP contribution in [0.4, 0.5) is 4.39 Å². The first-order valence-electron chi connectivity index (χ1n) is 6.43. The maximum Gasteiger partial charge on any atom is 0.241 e. The van der Waals surface area contributed by atoms with Gasteiger partial charge < -0.3 is 0 Å². The third-order valence-corrected chi connectivity index (χ3v) is 5.53. The summed E-state index contributed by atoms with van der Waals surface area (Å²) in [6.45, 7) is 3.48. The molecule has 0 aliphatic carbocycles. The van der Waals surface area contributed by atoms with E-state index in [9.17, 15) is 12.8 Å². The highest BCUT2D eigenvalue weighted by molar-refractivity contribution is 7.89. The Morgan fingerprint density at radius 1 is 1.36 bits per heavy atom. The van der Waals surface area contributed by atoms with Crippen LogP contribution in [-0.2, 0) is 16.6 Å². The van der Waals surface area contributed by atoms with Crippen LogP contribution in [0.25, 0.3) is 4.96 Å². The van der Waals surface area contributed by atoms with Gasteiger partial charge in [0.05, 0.1) is 23.3 Å². The van der Waals surface area contributed by atoms with E-state index in [1.807, 2.05) is 6.92 Å². The zero-order valence-electron chi connectivity index (χ0n) is 11.9. The van der Waals surface area contributed by atoms with E-state index in [1.54, 1.807) is 17.6 Å². The van der Waals surface area contributed by atoms with Crippen molar-refractivity contribution in [3.63, 3.8) is 0 Å². The summed E-state index contributed by atoms with van der Waals surface area (Å²) >= 11 is 1.31. The number of benzene rings is 1. The number of hydrogen-bond donors (Lipinski definition) is 1. The Morgan fingerprint density at radius 2 is 2.14 bits per heavy atom. The normalized spacial score (nSPS) is 12.1. The van der Waals surface area contributed by atoms with Crippen molar-refractivity contribution in [1.82, 2.24) is 19.3 Å². The SMILES string of the molecule is Cc1cn2nc(CNS(=O)(=O)c3ccc(F)cc3C)sc2n1. The van der Waals surface area contributed by atoms with Crippen molar-refractivity contribution in [3.05, 3.63) is 46.5 Å². The first kappa shape index (κ1) is 15.1. The summed E-state index contributed by atoms with van der Waals surface area (Å²) in [6, 6.07) is 3.57. The fourth-order valence-electron chi connectivity index (χ4n) is 2.07. The molecule has 2 heterocycles. The average molecular weight is 340 g/mol. The molecule has 0 bridgehead atoms. The number of fused-ring (bicyclic) bond motifs is 1. The quantitative estimate of drug-likeness (QED) is 0.788. The highest BCUT2D eigenvalue weighted by Gasteiger charge is 2.18. The van der Waals surface area contributed by atoms with Gasteiger partial charge >= 0.3 is 0 Å². The van der Waals surface area contributed by atoms with Crippen LogP contribution >= 0.6 is 11.3 Å². The molecule has 3 aromatic rings. The molecule has 0 aliphatic rings. The molecular formula is C13H13FN4O2S2. The van der Waals surface area contributed by atoms with E-state index >= 15 is 0 Å². The molecule has 0 amide bonds. The van der Waals surface area contributed by atoms with Gasteiger partial charge in [0, 0.05) is 0 Å². The summed E-state index contributed by atoms with van der Waals surface area (Å²) in [5.74, 6) is -0.465. The lowest BCUT2D eigenvalue weighted by atomic mass is 10.2. The zero-order chi connectivity index (χ0) is 15.9. The van der Waals surface area contributed by atoms with Crippen LogP contribution in [-0.4, -0.2) is 23.0 Å². The summed E-state index contributed by atoms with van der Waals surface area (Å²) < 4.78 is 41.7. The zero-order valence-corrected chi connectivity index (χ0v) is 13.5. The van der Waals surface area contributed by atoms with E-state index in [2.05, 4.69) is 14.8 Å². The topological polar surface area (TPSA) is 76.4 Å². The molecule has 2 aromatic heterocycles. The van der Waals surface area contributed by atoms with E-state index in [-0.39, 0.29) is 11.4 Å². The van der Waals surface area contributed by atoms with Crippen molar-refractivity contribution in [2.75, 3.05) is 0 Å². The standard InChI is InChI=1S/C13H13FN4O2S2/c1-8-5-10(14)3-4-11(8)22(19,20)15-6-12-17-18-7-9(2)16-13(18)21-12/h3-5,7,15H,6H2,1-2H3. The molecule has 0 spiro atoms. The van der Waals surface area contributed by atoms with Crippen molar-refractivity contribution in [1.29, 1.82) is 0 Å². The number of imidazole rings is 1. The van der Waals surface area contributed by atoms with Crippen molar-refractivity contribution >= 4 is 26.3 Å². The fraction of sp³-hybridized carbons (Fsp3) is 0.231. The van der Waals surface area contributed by atoms with E-state index < -0.39 is 15.8 Å². The maximum absolute atomic E-state index is 13.1. The molecule has 0 unspecified atom stereocenters. The molecule has 0 radical (unpaired) electrons. The number of aromatic nitrogens is 3. The molecular weight excluding hydrogens is 327 g/mol. The summed E-state index contributed by atoms with van der Waals surface area (Å²) in [5.41, 5.74) is 1.21. The van der Waals surface area contributed by atoms with E-state index in [0.29, 0.717) is 15.5 Å². The summed E-state index contributed by atoms with van der Waals surface area (Å²) in [4.78, 5) is 5.03. The van der Waals surface area contributed by atoms with Gasteiger partial charge in [0.25, 0.3) is 0 Å². The van der Waals surface area contributed by atoms with Crippen LogP contribution in [0.1, 0.15) is 16.3 Å². The Kier molecular flexibility index (Phi) is 3.71. The van der Waals surface area contributed by atoms with Crippen LogP contribution in [0.3, 0.4) is 0 Å². The van der Waals surface area contributed by atoms with Gasteiger partial charge in [0.2, 0.25) is 15.0 Å². The molecule has 116 valence electrons. The monoisotopic (exact) mass is 340 g/mol. The largest absolute Gasteiger partial charge is 0.241 e. The maximum atomic E-state index is 13.1. The van der Waals surface area contributed by atoms with Gasteiger partial charge in [-0.1, -0.05) is 11.3 Å². The Balaban J connectivity index is 1.80. The first-order valence-corrected chi connectivity index (χ1v) is 8.72. The van der Waals surface area contributed by atoms with Crippen LogP contribution < -0.4 is 4.72 Å². The van der Waals surface area contributed by atoms with E-state index in [0.717, 1.165) is 11.8 Å². The van der Waals surface area contributed by atoms with Gasteiger partial charge in [-0.15, -0.1) is 0 Å². The molecule has 1 N–H and O–H groups in total. The van der Waals surface area contributed by atoms with Crippen molar-refractivity contribution in [2.45, 2.75) is 25.3 Å². The average Bonchev–Trinajstić information content (AvgIpc) is 2.92. The second-order valence-corrected chi connectivity index (χ2v) is 7.62. The first-order chi connectivity index (χ1) is 10.3. The number of nitrogens with zero attached hydrogens (tertiary/aromatic N) is 3. The highest BCUT2D eigenvalue weighted by Crippen LogP contribution is 2.18. The van der Waals surface area contributed by atoms with Crippen LogP contribution in [0.2, 0.25) is 0 Å². The Labute approximate surface area is 130 Å². The minimum absolute atomic E-state index is 0.0612. The van der Waals surface area contributed by atoms with Crippen LogP contribution in [0.15, 0.2) is 29.3 Å². The van der Waals surface area contributed by atoms with Gasteiger partial charge in [-0.2, -0.15) is 5.10 Å². The lowest BCUT2D eigenvalue weighted by Gasteiger charge is -2.08. The predicted molar refractivity (Wildman–Crippen MR) is 80.8 cm³/mol. The highest BCUT2D eigenvalue weighted by atomic mass is 32.2. The van der Waals surface area contributed by atoms with Crippen LogP contribution in [0, 0.1) is 19.7 Å². The second kappa shape index (κ2) is 5.41. The summed E-state index contributed by atoms with van der Waals surface area (Å²) in [5, 5.41) is 4.86. The lowest BCUT2D eigenvalue weighted by molar-refractivity contribution is 0.579. The molecule has 0 atom stereocenters. The third kappa shape index (κ3) is 2.87. The molecule has 22 heavy (non-hydrogen) atoms. The van der Waals surface area contributed by atoms with Gasteiger partial charge in [0.15, 0.2) is 0 Å². The van der Waals surface area contributed by atoms with Gasteiger partial charge in [0.1, 0.15) is 10.8 Å². The molecule has 0 saturated carbocycles. The minimum Gasteiger partial charge on any atom is -0.223 e. The Morgan fingerprint density at radius 3 is 2.82 bits per heavy atom. The van der Waals surface area contributed by atoms with Crippen molar-refractivity contribution in [3.8, 4) is 0 Å². The molecule has 1 aromatic carbocycles. The second-order valence-electron chi connectivity index (χ2n) is 4.84. The summed E-state index contributed by atoms with van der Waals surface area (Å²) in [7, 11) is -3.71. The molecule has 3 rings (SSSR count). The molecule has 6 nitrogen and oxygen atoms in total. The number of nitrogens with one attached hydrogen (secondary N) is 1. The molecule has 9 heteroatoms. The number of halogens is 1. The summed E-state index contributed by atoms with van der Waals surface area (Å²) in [6.07, 6.45) is 1.77. The fourth-order valence-corrected chi connectivity index (χ4v) is 4.23. The lowest BCUT2D eigenvalue weighted by Crippen LogP contribution is -2.24. The number of sulfonamides is 1. The molecule has 0 fully saturated rings. The van der Waals surface area contributed by atoms with Gasteiger partial charge in [-0.05, 0) is 37.6 Å². The number of hydrogen-bond acceptors (Lipinski definition) is 5. The molecule has 0 saturated heterocycles. The smallest absolute Gasteiger partial charge is 0.223 e. The van der Waals surface area contributed by atoms with E-state index in [1.165, 1.54) is 23.5 Å². The number of rotatable bonds is 4. The van der Waals surface area contributed by atoms with Crippen molar-refractivity contribution in [2.24, 2.45) is 0 Å². The predicted octanol–water partition coefficient (Wildman–Crippen LogP) is 2.03. The van der Waals surface area contributed by atoms with Crippen molar-refractivity contribution < 1.29 is 12.8 Å².